The van der Waals surface area contributed by atoms with Crippen molar-refractivity contribution >= 4 is 28.4 Å². The van der Waals surface area contributed by atoms with Gasteiger partial charge < -0.3 is 4.98 Å². The maximum absolute atomic E-state index is 11.8. The molecule has 3 rings (SSSR count). The molecule has 0 atom stereocenters. The highest BCUT2D eigenvalue weighted by atomic mass is 16.2. The van der Waals surface area contributed by atoms with Gasteiger partial charge in [-0.25, -0.2) is 9.99 Å². The Morgan fingerprint density at radius 2 is 2.28 bits per heavy atom. The van der Waals surface area contributed by atoms with E-state index in [0.717, 1.165) is 11.0 Å². The van der Waals surface area contributed by atoms with Gasteiger partial charge >= 0.3 is 0 Å². The second-order valence-electron chi connectivity index (χ2n) is 4.08. The normalized spacial score (nSPS) is 15.3. The fourth-order valence-corrected chi connectivity index (χ4v) is 1.91. The molecule has 0 radical (unpaired) electrons. The molecule has 6 nitrogen and oxygen atoms in total. The number of rotatable bonds is 1. The average Bonchev–Trinajstić information content (AvgIpc) is 2.93. The van der Waals surface area contributed by atoms with Gasteiger partial charge in [-0.1, -0.05) is 6.07 Å². The van der Waals surface area contributed by atoms with Crippen LogP contribution in [0.1, 0.15) is 12.5 Å². The summed E-state index contributed by atoms with van der Waals surface area (Å²) in [5.41, 5.74) is 2.68. The Hall–Kier alpha value is -2.50. The number of nitrogens with zero attached hydrogens (tertiary/aromatic N) is 3. The number of hydrazone groups is 1. The predicted octanol–water partition coefficient (Wildman–Crippen LogP) is 0.698. The van der Waals surface area contributed by atoms with Crippen LogP contribution in [0.15, 0.2) is 29.6 Å². The predicted molar refractivity (Wildman–Crippen MR) is 65.0 cm³/mol. The van der Waals surface area contributed by atoms with Crippen molar-refractivity contribution in [2.75, 3.05) is 6.54 Å². The molecule has 0 saturated heterocycles. The number of hydrogen-bond acceptors (Lipinski definition) is 4. The maximum atomic E-state index is 11.8. The topological polar surface area (TPSA) is 78.4 Å². The Bertz CT molecular complexity index is 686. The van der Waals surface area contributed by atoms with Crippen molar-refractivity contribution < 1.29 is 9.59 Å². The van der Waals surface area contributed by atoms with Gasteiger partial charge in [-0.05, 0) is 12.1 Å². The fourth-order valence-electron chi connectivity index (χ4n) is 1.91. The van der Waals surface area contributed by atoms with Gasteiger partial charge in [0.05, 0.1) is 17.4 Å². The molecule has 2 heterocycles. The maximum Gasteiger partial charge on any atom is 0.239 e. The van der Waals surface area contributed by atoms with E-state index in [9.17, 15) is 9.59 Å². The highest BCUT2D eigenvalue weighted by molar-refractivity contribution is 6.48. The van der Waals surface area contributed by atoms with Crippen molar-refractivity contribution in [3.63, 3.8) is 0 Å². The smallest absolute Gasteiger partial charge is 0.239 e. The molecule has 1 amide bonds. The lowest BCUT2D eigenvalue weighted by Gasteiger charge is -2.04. The van der Waals surface area contributed by atoms with Crippen LogP contribution in [0.4, 0.5) is 0 Å². The Labute approximate surface area is 102 Å². The standard InChI is InChI=1S/C12H10N4O2/c1-7(17)16-5-11(18)12(15-16)8-2-3-9-10(4-8)14-6-13-9/h2-4,6H,5H2,1H3,(H,13,14). The van der Waals surface area contributed by atoms with Crippen LogP contribution >= 0.6 is 0 Å². The Morgan fingerprint density at radius 3 is 3.00 bits per heavy atom. The number of amides is 1. The van der Waals surface area contributed by atoms with E-state index in [1.165, 1.54) is 11.9 Å². The highest BCUT2D eigenvalue weighted by Gasteiger charge is 2.27. The van der Waals surface area contributed by atoms with E-state index < -0.39 is 0 Å². The number of ketones is 1. The molecule has 0 saturated carbocycles. The first-order valence-corrected chi connectivity index (χ1v) is 5.48. The SMILES string of the molecule is CC(=O)N1CC(=O)C(c2ccc3nc[nH]c3c2)=N1. The number of carbonyl (C=O) groups excluding carboxylic acids is 2. The molecule has 0 fully saturated rings. The van der Waals surface area contributed by atoms with Crippen molar-refractivity contribution in [2.24, 2.45) is 5.10 Å². The zero-order chi connectivity index (χ0) is 12.7. The van der Waals surface area contributed by atoms with Crippen molar-refractivity contribution in [3.05, 3.63) is 30.1 Å². The second-order valence-corrected chi connectivity index (χ2v) is 4.08. The quantitative estimate of drug-likeness (QED) is 0.799. The number of imidazole rings is 1. The first kappa shape index (κ1) is 10.6. The molecule has 1 aromatic carbocycles. The minimum Gasteiger partial charge on any atom is -0.345 e. The highest BCUT2D eigenvalue weighted by Crippen LogP contribution is 2.16. The van der Waals surface area contributed by atoms with Crippen molar-refractivity contribution in [3.8, 4) is 0 Å². The first-order chi connectivity index (χ1) is 8.65. The van der Waals surface area contributed by atoms with Gasteiger partial charge in [-0.2, -0.15) is 5.10 Å². The minimum atomic E-state index is -0.235. The van der Waals surface area contributed by atoms with Crippen LogP contribution in [0.25, 0.3) is 11.0 Å². The van der Waals surface area contributed by atoms with Gasteiger partial charge in [0.2, 0.25) is 11.7 Å². The Kier molecular flexibility index (Phi) is 2.22. The third kappa shape index (κ3) is 1.58. The summed E-state index contributed by atoms with van der Waals surface area (Å²) in [5, 5.41) is 5.22. The van der Waals surface area contributed by atoms with E-state index in [4.69, 9.17) is 0 Å². The monoisotopic (exact) mass is 242 g/mol. The van der Waals surface area contributed by atoms with Crippen LogP contribution in [0, 0.1) is 0 Å². The molecule has 6 heteroatoms. The fraction of sp³-hybridized carbons (Fsp3) is 0.167. The summed E-state index contributed by atoms with van der Waals surface area (Å²) in [5.74, 6) is -0.384. The number of aromatic nitrogens is 2. The van der Waals surface area contributed by atoms with Gasteiger partial charge in [-0.3, -0.25) is 9.59 Å². The van der Waals surface area contributed by atoms with E-state index in [-0.39, 0.29) is 18.2 Å². The Balaban J connectivity index is 2.05. The Morgan fingerprint density at radius 1 is 1.44 bits per heavy atom. The molecule has 1 aromatic heterocycles. The molecule has 1 aliphatic heterocycles. The van der Waals surface area contributed by atoms with Gasteiger partial charge in [0.15, 0.2) is 0 Å². The summed E-state index contributed by atoms with van der Waals surface area (Å²) < 4.78 is 0. The lowest BCUT2D eigenvalue weighted by atomic mass is 10.1. The van der Waals surface area contributed by atoms with Crippen LogP contribution in [0.3, 0.4) is 0 Å². The number of nitrogens with one attached hydrogen (secondary N) is 1. The molecule has 0 aliphatic carbocycles. The van der Waals surface area contributed by atoms with Gasteiger partial charge in [0, 0.05) is 12.5 Å². The molecule has 90 valence electrons. The molecule has 1 N–H and O–H groups in total. The molecule has 1 aliphatic rings. The summed E-state index contributed by atoms with van der Waals surface area (Å²) in [4.78, 5) is 30.1. The van der Waals surface area contributed by atoms with Crippen LogP contribution in [0.2, 0.25) is 0 Å². The molecular weight excluding hydrogens is 232 g/mol. The van der Waals surface area contributed by atoms with Gasteiger partial charge in [-0.15, -0.1) is 0 Å². The van der Waals surface area contributed by atoms with Crippen LogP contribution < -0.4 is 0 Å². The van der Waals surface area contributed by atoms with Crippen molar-refractivity contribution in [2.45, 2.75) is 6.92 Å². The molecule has 2 aromatic rings. The lowest BCUT2D eigenvalue weighted by molar-refractivity contribution is -0.130. The van der Waals surface area contributed by atoms with Gasteiger partial charge in [0.25, 0.3) is 0 Å². The summed E-state index contributed by atoms with van der Waals surface area (Å²) in [6.07, 6.45) is 1.59. The number of aromatic amines is 1. The number of H-pyrrole nitrogens is 1. The van der Waals surface area contributed by atoms with Gasteiger partial charge in [0.1, 0.15) is 12.3 Å². The third-order valence-electron chi connectivity index (χ3n) is 2.84. The number of hydrogen-bond donors (Lipinski definition) is 1. The zero-order valence-corrected chi connectivity index (χ0v) is 9.67. The summed E-state index contributed by atoms with van der Waals surface area (Å²) in [6, 6.07) is 5.40. The summed E-state index contributed by atoms with van der Waals surface area (Å²) >= 11 is 0. The molecule has 18 heavy (non-hydrogen) atoms. The van der Waals surface area contributed by atoms with E-state index in [1.54, 1.807) is 12.4 Å². The average molecular weight is 242 g/mol. The largest absolute Gasteiger partial charge is 0.345 e. The van der Waals surface area contributed by atoms with E-state index in [1.807, 2.05) is 12.1 Å². The molecular formula is C12H10N4O2. The third-order valence-corrected chi connectivity index (χ3v) is 2.84. The second kappa shape index (κ2) is 3.76. The number of benzene rings is 1. The zero-order valence-electron chi connectivity index (χ0n) is 9.67. The lowest BCUT2D eigenvalue weighted by Crippen LogP contribution is -2.23. The molecule has 0 bridgehead atoms. The number of Topliss-reactive ketones (excluding diaryl/α,β-unsaturated/α-hetero) is 1. The van der Waals surface area contributed by atoms with E-state index in [0.29, 0.717) is 11.3 Å². The van der Waals surface area contributed by atoms with Crippen molar-refractivity contribution in [1.82, 2.24) is 15.0 Å². The van der Waals surface area contributed by atoms with Crippen LogP contribution in [-0.2, 0) is 9.59 Å². The number of carbonyl (C=O) groups is 2. The van der Waals surface area contributed by atoms with E-state index >= 15 is 0 Å². The molecule has 0 spiro atoms. The number of fused-ring (bicyclic) bond motifs is 1. The van der Waals surface area contributed by atoms with Crippen LogP contribution in [-0.4, -0.2) is 38.9 Å². The molecule has 0 unspecified atom stereocenters. The minimum absolute atomic E-state index is 0.0195. The summed E-state index contributed by atoms with van der Waals surface area (Å²) in [7, 11) is 0. The van der Waals surface area contributed by atoms with E-state index in [2.05, 4.69) is 15.1 Å². The summed E-state index contributed by atoms with van der Waals surface area (Å²) in [6.45, 7) is 1.41. The first-order valence-electron chi connectivity index (χ1n) is 5.48. The van der Waals surface area contributed by atoms with Crippen LogP contribution in [0.5, 0.6) is 0 Å². The van der Waals surface area contributed by atoms with Crippen molar-refractivity contribution in [1.29, 1.82) is 0 Å².